The van der Waals surface area contributed by atoms with E-state index in [1.807, 2.05) is 42.6 Å². The summed E-state index contributed by atoms with van der Waals surface area (Å²) >= 11 is 1.49. The van der Waals surface area contributed by atoms with Crippen molar-refractivity contribution >= 4 is 23.6 Å². The van der Waals surface area contributed by atoms with Gasteiger partial charge in [0.25, 0.3) is 0 Å². The van der Waals surface area contributed by atoms with Crippen LogP contribution in [0.15, 0.2) is 64.5 Å². The normalized spacial score (nSPS) is 13.9. The number of amides is 1. The van der Waals surface area contributed by atoms with Crippen LogP contribution in [0.3, 0.4) is 0 Å². The Morgan fingerprint density at radius 1 is 1.05 bits per heavy atom. The summed E-state index contributed by atoms with van der Waals surface area (Å²) in [5.74, 6) is 1.55. The number of primary amides is 1. The monoisotopic (exact) mass is 535 g/mol. The van der Waals surface area contributed by atoms with E-state index < -0.39 is 5.91 Å². The van der Waals surface area contributed by atoms with Crippen LogP contribution in [0.25, 0.3) is 0 Å². The van der Waals surface area contributed by atoms with Crippen molar-refractivity contribution < 1.29 is 14.3 Å². The summed E-state index contributed by atoms with van der Waals surface area (Å²) in [6.45, 7) is 7.57. The van der Waals surface area contributed by atoms with Crippen molar-refractivity contribution in [1.29, 1.82) is 0 Å². The predicted molar refractivity (Wildman–Crippen MR) is 151 cm³/mol. The van der Waals surface area contributed by atoms with Gasteiger partial charge in [-0.05, 0) is 54.9 Å². The first-order valence-electron chi connectivity index (χ1n) is 13.2. The van der Waals surface area contributed by atoms with Crippen LogP contribution < -0.4 is 20.1 Å². The van der Waals surface area contributed by atoms with E-state index >= 15 is 0 Å². The van der Waals surface area contributed by atoms with Gasteiger partial charge in [-0.25, -0.2) is 4.98 Å². The Labute approximate surface area is 229 Å². The molecule has 0 spiro atoms. The number of nitrogens with zero attached hydrogens (tertiary/aromatic N) is 4. The largest absolute Gasteiger partial charge is 0.497 e. The molecule has 0 saturated carbocycles. The van der Waals surface area contributed by atoms with Gasteiger partial charge >= 0.3 is 0 Å². The third-order valence-electron chi connectivity index (χ3n) is 6.57. The molecule has 2 heterocycles. The number of hydrogen-bond donors (Lipinski definition) is 1. The standard InChI is InChI=1S/C29H37N5O3S/c1-3-4-5-6-14-33-15-17-34(18-16-33)29-31-20-26(38-25-12-10-23(11-13-25)27(30)35)28(32-29)37-21-22-8-7-9-24(19-22)36-2/h7-13,19-20H,3-6,14-18,21H2,1-2H3,(H2,30,35). The van der Waals surface area contributed by atoms with Gasteiger partial charge in [0.2, 0.25) is 17.7 Å². The van der Waals surface area contributed by atoms with Crippen LogP contribution in [0.2, 0.25) is 0 Å². The first-order chi connectivity index (χ1) is 18.6. The minimum Gasteiger partial charge on any atom is -0.497 e. The highest BCUT2D eigenvalue weighted by Gasteiger charge is 2.21. The Morgan fingerprint density at radius 2 is 1.84 bits per heavy atom. The second-order valence-electron chi connectivity index (χ2n) is 9.36. The molecular formula is C29H37N5O3S. The molecule has 4 rings (SSSR count). The highest BCUT2D eigenvalue weighted by Crippen LogP contribution is 2.35. The van der Waals surface area contributed by atoms with Crippen LogP contribution in [0.5, 0.6) is 11.6 Å². The first kappa shape index (κ1) is 27.7. The van der Waals surface area contributed by atoms with Gasteiger partial charge in [0, 0.05) is 36.6 Å². The molecule has 3 aromatic rings. The van der Waals surface area contributed by atoms with Crippen LogP contribution in [0, 0.1) is 0 Å². The Kier molecular flexibility index (Phi) is 10.2. The van der Waals surface area contributed by atoms with Gasteiger partial charge < -0.3 is 20.1 Å². The van der Waals surface area contributed by atoms with Crippen molar-refractivity contribution in [1.82, 2.24) is 14.9 Å². The first-order valence-corrected chi connectivity index (χ1v) is 14.0. The summed E-state index contributed by atoms with van der Waals surface area (Å²) in [7, 11) is 1.65. The highest BCUT2D eigenvalue weighted by molar-refractivity contribution is 7.99. The predicted octanol–water partition coefficient (Wildman–Crippen LogP) is 5.02. The van der Waals surface area contributed by atoms with Crippen molar-refractivity contribution in [3.8, 4) is 11.6 Å². The zero-order valence-corrected chi connectivity index (χ0v) is 23.1. The molecule has 202 valence electrons. The topological polar surface area (TPSA) is 93.8 Å². The molecule has 0 radical (unpaired) electrons. The Hall–Kier alpha value is -3.30. The average Bonchev–Trinajstić information content (AvgIpc) is 2.95. The van der Waals surface area contributed by atoms with E-state index in [4.69, 9.17) is 25.2 Å². The summed E-state index contributed by atoms with van der Waals surface area (Å²) < 4.78 is 11.6. The third-order valence-corrected chi connectivity index (χ3v) is 7.58. The molecule has 0 unspecified atom stereocenters. The highest BCUT2D eigenvalue weighted by atomic mass is 32.2. The molecule has 1 fully saturated rings. The molecule has 0 bridgehead atoms. The lowest BCUT2D eigenvalue weighted by Gasteiger charge is -2.34. The number of hydrogen-bond acceptors (Lipinski definition) is 8. The minimum absolute atomic E-state index is 0.355. The molecule has 9 heteroatoms. The number of aromatic nitrogens is 2. The fourth-order valence-corrected chi connectivity index (χ4v) is 5.16. The smallest absolute Gasteiger partial charge is 0.248 e. The molecule has 1 amide bonds. The quantitative estimate of drug-likeness (QED) is 0.305. The SMILES string of the molecule is CCCCCCN1CCN(c2ncc(Sc3ccc(C(N)=O)cc3)c(OCc3cccc(OC)c3)n2)CC1. The zero-order valence-electron chi connectivity index (χ0n) is 22.3. The van der Waals surface area contributed by atoms with Gasteiger partial charge in [-0.2, -0.15) is 4.98 Å². The van der Waals surface area contributed by atoms with E-state index in [-0.39, 0.29) is 0 Å². The van der Waals surface area contributed by atoms with Crippen LogP contribution in [-0.2, 0) is 6.61 Å². The van der Waals surface area contributed by atoms with Crippen molar-refractivity contribution in [2.45, 2.75) is 49.0 Å². The van der Waals surface area contributed by atoms with Gasteiger partial charge in [0.15, 0.2) is 0 Å². The molecule has 0 atom stereocenters. The average molecular weight is 536 g/mol. The molecule has 0 aliphatic carbocycles. The van der Waals surface area contributed by atoms with Crippen molar-refractivity contribution in [2.75, 3.05) is 44.7 Å². The van der Waals surface area contributed by atoms with Crippen LogP contribution in [0.4, 0.5) is 5.95 Å². The maximum Gasteiger partial charge on any atom is 0.248 e. The molecule has 2 N–H and O–H groups in total. The van der Waals surface area contributed by atoms with Gasteiger partial charge in [-0.15, -0.1) is 0 Å². The fraction of sp³-hybridized carbons (Fsp3) is 0.414. The molecular weight excluding hydrogens is 498 g/mol. The Balaban J connectivity index is 1.47. The zero-order chi connectivity index (χ0) is 26.7. The van der Waals surface area contributed by atoms with E-state index in [2.05, 4.69) is 16.7 Å². The minimum atomic E-state index is -0.447. The lowest BCUT2D eigenvalue weighted by molar-refractivity contribution is 0.1000. The number of piperazine rings is 1. The van der Waals surface area contributed by atoms with Crippen molar-refractivity contribution in [3.63, 3.8) is 0 Å². The number of rotatable bonds is 13. The van der Waals surface area contributed by atoms with Crippen LogP contribution in [0.1, 0.15) is 48.5 Å². The summed E-state index contributed by atoms with van der Waals surface area (Å²) in [6, 6.07) is 15.0. The number of benzene rings is 2. The molecule has 1 aliphatic heterocycles. The van der Waals surface area contributed by atoms with Crippen molar-refractivity contribution in [3.05, 3.63) is 65.9 Å². The Bertz CT molecular complexity index is 1180. The molecule has 1 saturated heterocycles. The number of ether oxygens (including phenoxy) is 2. The van der Waals surface area contributed by atoms with Gasteiger partial charge in [0.05, 0.1) is 18.2 Å². The van der Waals surface area contributed by atoms with Gasteiger partial charge in [-0.3, -0.25) is 9.69 Å². The Morgan fingerprint density at radius 3 is 2.55 bits per heavy atom. The number of methoxy groups -OCH3 is 1. The number of nitrogens with two attached hydrogens (primary N) is 1. The van der Waals surface area contributed by atoms with E-state index in [9.17, 15) is 4.79 Å². The molecule has 1 aliphatic rings. The number of anilines is 1. The third kappa shape index (κ3) is 7.85. The summed E-state index contributed by atoms with van der Waals surface area (Å²) in [4.78, 5) is 27.5. The van der Waals surface area contributed by atoms with E-state index in [1.54, 1.807) is 19.2 Å². The summed E-state index contributed by atoms with van der Waals surface area (Å²) in [6.07, 6.45) is 6.97. The second-order valence-corrected chi connectivity index (χ2v) is 10.5. The molecule has 1 aromatic heterocycles. The van der Waals surface area contributed by atoms with E-state index in [1.165, 1.54) is 37.4 Å². The molecule has 8 nitrogen and oxygen atoms in total. The van der Waals surface area contributed by atoms with E-state index in [0.29, 0.717) is 24.0 Å². The lowest BCUT2D eigenvalue weighted by atomic mass is 10.2. The maximum absolute atomic E-state index is 11.4. The van der Waals surface area contributed by atoms with E-state index in [0.717, 1.165) is 53.8 Å². The number of carbonyl (C=O) groups is 1. The van der Waals surface area contributed by atoms with Crippen LogP contribution >= 0.6 is 11.8 Å². The second kappa shape index (κ2) is 14.0. The molecule has 2 aromatic carbocycles. The van der Waals surface area contributed by atoms with Crippen molar-refractivity contribution in [2.24, 2.45) is 5.73 Å². The van der Waals surface area contributed by atoms with Crippen LogP contribution in [-0.4, -0.2) is 60.6 Å². The van der Waals surface area contributed by atoms with Gasteiger partial charge in [-0.1, -0.05) is 50.1 Å². The number of unbranched alkanes of at least 4 members (excludes halogenated alkanes) is 3. The number of carbonyl (C=O) groups excluding carboxylic acids is 1. The summed E-state index contributed by atoms with van der Waals surface area (Å²) in [5, 5.41) is 0. The fourth-order valence-electron chi connectivity index (χ4n) is 4.33. The van der Waals surface area contributed by atoms with Gasteiger partial charge in [0.1, 0.15) is 12.4 Å². The lowest BCUT2D eigenvalue weighted by Crippen LogP contribution is -2.47. The summed E-state index contributed by atoms with van der Waals surface area (Å²) in [5.41, 5.74) is 6.85. The molecule has 38 heavy (non-hydrogen) atoms. The maximum atomic E-state index is 11.4.